The van der Waals surface area contributed by atoms with Gasteiger partial charge in [0.05, 0.1) is 18.3 Å². The van der Waals surface area contributed by atoms with Crippen molar-refractivity contribution in [2.75, 3.05) is 39.8 Å². The highest BCUT2D eigenvalue weighted by molar-refractivity contribution is 5.95. The molecule has 1 aliphatic heterocycles. The van der Waals surface area contributed by atoms with E-state index in [0.29, 0.717) is 12.5 Å². The molecule has 21 heavy (non-hydrogen) atoms. The van der Waals surface area contributed by atoms with Gasteiger partial charge in [0, 0.05) is 38.1 Å². The molecular weight excluding hydrogens is 266 g/mol. The number of morpholine rings is 1. The number of ether oxygens (including phenoxy) is 1. The van der Waals surface area contributed by atoms with Crippen LogP contribution in [0.2, 0.25) is 0 Å². The summed E-state index contributed by atoms with van der Waals surface area (Å²) in [5.74, 6) is 0.826. The van der Waals surface area contributed by atoms with E-state index in [2.05, 4.69) is 16.9 Å². The van der Waals surface area contributed by atoms with Crippen LogP contribution in [0.1, 0.15) is 28.9 Å². The fraction of sp³-hybridized carbons (Fsp3) is 0.688. The minimum absolute atomic E-state index is 0.130. The zero-order valence-electron chi connectivity index (χ0n) is 13.0. The summed E-state index contributed by atoms with van der Waals surface area (Å²) >= 11 is 0. The number of aryl methyl sites for hydroxylation is 1. The van der Waals surface area contributed by atoms with Gasteiger partial charge in [-0.1, -0.05) is 0 Å². The molecule has 0 unspecified atom stereocenters. The van der Waals surface area contributed by atoms with Gasteiger partial charge in [0.2, 0.25) is 0 Å². The molecule has 1 aliphatic carbocycles. The molecule has 1 amide bonds. The fourth-order valence-electron chi connectivity index (χ4n) is 2.93. The average Bonchev–Trinajstić information content (AvgIpc) is 3.17. The van der Waals surface area contributed by atoms with Crippen molar-refractivity contribution in [1.82, 2.24) is 14.8 Å². The maximum absolute atomic E-state index is 12.8. The molecule has 2 aliphatic rings. The molecule has 0 radical (unpaired) electrons. The van der Waals surface area contributed by atoms with E-state index in [9.17, 15) is 4.79 Å². The molecule has 3 rings (SSSR count). The Morgan fingerprint density at radius 2 is 2.29 bits per heavy atom. The Morgan fingerprint density at radius 1 is 1.48 bits per heavy atom. The van der Waals surface area contributed by atoms with Crippen molar-refractivity contribution in [2.45, 2.75) is 25.9 Å². The summed E-state index contributed by atoms with van der Waals surface area (Å²) in [7, 11) is 2.11. The molecule has 5 nitrogen and oxygen atoms in total. The van der Waals surface area contributed by atoms with Crippen molar-refractivity contribution in [3.8, 4) is 0 Å². The minimum Gasteiger partial charge on any atom is -0.374 e. The first-order valence-electron chi connectivity index (χ1n) is 7.87. The van der Waals surface area contributed by atoms with Gasteiger partial charge in [-0.3, -0.25) is 4.79 Å². The van der Waals surface area contributed by atoms with Crippen LogP contribution in [-0.4, -0.2) is 66.6 Å². The number of aromatic nitrogens is 1. The number of H-pyrrole nitrogens is 1. The van der Waals surface area contributed by atoms with Gasteiger partial charge in [-0.05, 0) is 38.8 Å². The lowest BCUT2D eigenvalue weighted by atomic mass is 10.2. The van der Waals surface area contributed by atoms with Crippen LogP contribution in [0.5, 0.6) is 0 Å². The van der Waals surface area contributed by atoms with Crippen LogP contribution in [0.4, 0.5) is 0 Å². The molecule has 2 heterocycles. The van der Waals surface area contributed by atoms with Crippen molar-refractivity contribution in [2.24, 2.45) is 5.92 Å². The molecule has 1 saturated heterocycles. The molecule has 5 heteroatoms. The topological polar surface area (TPSA) is 48.6 Å². The summed E-state index contributed by atoms with van der Waals surface area (Å²) < 4.78 is 5.84. The van der Waals surface area contributed by atoms with E-state index in [0.717, 1.165) is 37.5 Å². The molecule has 1 aromatic rings. The molecule has 0 aromatic carbocycles. The molecule has 2 fully saturated rings. The number of carbonyl (C=O) groups excluding carboxylic acids is 1. The van der Waals surface area contributed by atoms with Crippen LogP contribution in [0.3, 0.4) is 0 Å². The number of hydrogen-bond donors (Lipinski definition) is 1. The number of aromatic amines is 1. The van der Waals surface area contributed by atoms with Gasteiger partial charge in [0.15, 0.2) is 0 Å². The Bertz CT molecular complexity index is 495. The van der Waals surface area contributed by atoms with Gasteiger partial charge < -0.3 is 19.5 Å². The second-order valence-corrected chi connectivity index (χ2v) is 6.42. The van der Waals surface area contributed by atoms with Gasteiger partial charge in [-0.15, -0.1) is 0 Å². The first-order valence-corrected chi connectivity index (χ1v) is 7.87. The maximum atomic E-state index is 12.8. The predicted octanol–water partition coefficient (Wildman–Crippen LogP) is 1.51. The van der Waals surface area contributed by atoms with Crippen molar-refractivity contribution in [3.63, 3.8) is 0 Å². The minimum atomic E-state index is 0.130. The third-order valence-electron chi connectivity index (χ3n) is 4.41. The highest BCUT2D eigenvalue weighted by Gasteiger charge is 2.30. The Kier molecular flexibility index (Phi) is 4.31. The van der Waals surface area contributed by atoms with Crippen LogP contribution < -0.4 is 0 Å². The fourth-order valence-corrected chi connectivity index (χ4v) is 2.93. The number of rotatable bonds is 5. The Labute approximate surface area is 126 Å². The number of likely N-dealkylation sites (N-methyl/N-ethyl adjacent to an activating group) is 1. The standard InChI is InChI=1S/C16H25N3O2/c1-12-15(5-6-17-12)16(20)19(9-13-3-4-13)11-14-10-18(2)7-8-21-14/h5-6,13-14,17H,3-4,7-11H2,1-2H3/t14-/m0/s1. The number of nitrogens with one attached hydrogen (secondary N) is 1. The smallest absolute Gasteiger partial charge is 0.255 e. The number of amides is 1. The summed E-state index contributed by atoms with van der Waals surface area (Å²) in [6.45, 7) is 6.16. The SMILES string of the molecule is Cc1[nH]ccc1C(=O)N(CC1CC1)C[C@@H]1CN(C)CCO1. The normalized spacial score (nSPS) is 23.2. The zero-order chi connectivity index (χ0) is 14.8. The van der Waals surface area contributed by atoms with E-state index in [-0.39, 0.29) is 12.0 Å². The predicted molar refractivity (Wildman–Crippen MR) is 81.4 cm³/mol. The lowest BCUT2D eigenvalue weighted by Gasteiger charge is -2.34. The number of nitrogens with zero attached hydrogens (tertiary/aromatic N) is 2. The first kappa shape index (κ1) is 14.6. The van der Waals surface area contributed by atoms with E-state index in [1.54, 1.807) is 0 Å². The number of carbonyl (C=O) groups is 1. The third-order valence-corrected chi connectivity index (χ3v) is 4.41. The van der Waals surface area contributed by atoms with Crippen LogP contribution in [0.25, 0.3) is 0 Å². The van der Waals surface area contributed by atoms with Crippen molar-refractivity contribution in [1.29, 1.82) is 0 Å². The summed E-state index contributed by atoms with van der Waals surface area (Å²) in [6, 6.07) is 1.88. The van der Waals surface area contributed by atoms with E-state index in [1.165, 1.54) is 12.8 Å². The first-order chi connectivity index (χ1) is 10.1. The van der Waals surface area contributed by atoms with Gasteiger partial charge in [0.1, 0.15) is 0 Å². The highest BCUT2D eigenvalue weighted by atomic mass is 16.5. The van der Waals surface area contributed by atoms with Crippen LogP contribution in [-0.2, 0) is 4.74 Å². The highest BCUT2D eigenvalue weighted by Crippen LogP contribution is 2.30. The van der Waals surface area contributed by atoms with Gasteiger partial charge in [0.25, 0.3) is 5.91 Å². The third kappa shape index (κ3) is 3.66. The summed E-state index contributed by atoms with van der Waals surface area (Å²) in [5, 5.41) is 0. The lowest BCUT2D eigenvalue weighted by Crippen LogP contribution is -2.48. The summed E-state index contributed by atoms with van der Waals surface area (Å²) in [4.78, 5) is 20.2. The second kappa shape index (κ2) is 6.20. The molecule has 1 N–H and O–H groups in total. The van der Waals surface area contributed by atoms with Crippen LogP contribution in [0, 0.1) is 12.8 Å². The Balaban J connectivity index is 1.68. The number of hydrogen-bond acceptors (Lipinski definition) is 3. The average molecular weight is 291 g/mol. The Hall–Kier alpha value is -1.33. The molecule has 0 spiro atoms. The Morgan fingerprint density at radius 3 is 2.90 bits per heavy atom. The van der Waals surface area contributed by atoms with E-state index in [4.69, 9.17) is 4.74 Å². The monoisotopic (exact) mass is 291 g/mol. The molecule has 1 saturated carbocycles. The van der Waals surface area contributed by atoms with Gasteiger partial charge in [-0.2, -0.15) is 0 Å². The molecule has 0 bridgehead atoms. The molecule has 116 valence electrons. The van der Waals surface area contributed by atoms with Crippen molar-refractivity contribution < 1.29 is 9.53 Å². The lowest BCUT2D eigenvalue weighted by molar-refractivity contribution is -0.0331. The maximum Gasteiger partial charge on any atom is 0.255 e. The van der Waals surface area contributed by atoms with Crippen molar-refractivity contribution >= 4 is 5.91 Å². The zero-order valence-corrected chi connectivity index (χ0v) is 13.0. The molecule has 1 aromatic heterocycles. The van der Waals surface area contributed by atoms with E-state index in [1.807, 2.05) is 24.1 Å². The van der Waals surface area contributed by atoms with E-state index >= 15 is 0 Å². The molecule has 1 atom stereocenters. The second-order valence-electron chi connectivity index (χ2n) is 6.42. The quantitative estimate of drug-likeness (QED) is 0.894. The summed E-state index contributed by atoms with van der Waals surface area (Å²) in [6.07, 6.45) is 4.47. The van der Waals surface area contributed by atoms with Crippen LogP contribution >= 0.6 is 0 Å². The van der Waals surface area contributed by atoms with Crippen LogP contribution in [0.15, 0.2) is 12.3 Å². The van der Waals surface area contributed by atoms with E-state index < -0.39 is 0 Å². The molecular formula is C16H25N3O2. The van der Waals surface area contributed by atoms with Gasteiger partial charge in [-0.25, -0.2) is 0 Å². The summed E-state index contributed by atoms with van der Waals surface area (Å²) in [5.41, 5.74) is 1.74. The largest absolute Gasteiger partial charge is 0.374 e. The van der Waals surface area contributed by atoms with Gasteiger partial charge >= 0.3 is 0 Å². The van der Waals surface area contributed by atoms with Crippen molar-refractivity contribution in [3.05, 3.63) is 23.5 Å².